The SMILES string of the molecule is O=C1CCC(N2Cc3cc(N4CC(N5CCNCC5)C4)ccc3C2=O)C(=O)N1. The Bertz CT molecular complexity index is 829. The van der Waals surface area contributed by atoms with Gasteiger partial charge in [0.1, 0.15) is 6.04 Å². The van der Waals surface area contributed by atoms with Crippen molar-refractivity contribution in [2.45, 2.75) is 31.5 Å². The van der Waals surface area contributed by atoms with Crippen molar-refractivity contribution in [3.8, 4) is 0 Å². The minimum Gasteiger partial charge on any atom is -0.368 e. The van der Waals surface area contributed by atoms with Crippen LogP contribution in [-0.4, -0.2) is 78.9 Å². The fourth-order valence-electron chi connectivity index (χ4n) is 4.70. The van der Waals surface area contributed by atoms with Gasteiger partial charge in [-0.3, -0.25) is 24.6 Å². The van der Waals surface area contributed by atoms with Gasteiger partial charge in [-0.1, -0.05) is 0 Å². The van der Waals surface area contributed by atoms with Gasteiger partial charge in [-0.25, -0.2) is 0 Å². The molecule has 0 aliphatic carbocycles. The van der Waals surface area contributed by atoms with Crippen LogP contribution < -0.4 is 15.5 Å². The zero-order valence-corrected chi connectivity index (χ0v) is 15.8. The van der Waals surface area contributed by atoms with Crippen molar-refractivity contribution in [1.29, 1.82) is 0 Å². The molecule has 0 bridgehead atoms. The molecule has 1 aromatic carbocycles. The third kappa shape index (κ3) is 2.97. The molecule has 0 aromatic heterocycles. The van der Waals surface area contributed by atoms with Crippen molar-refractivity contribution in [2.24, 2.45) is 0 Å². The fraction of sp³-hybridized carbons (Fsp3) is 0.550. The smallest absolute Gasteiger partial charge is 0.255 e. The highest BCUT2D eigenvalue weighted by Gasteiger charge is 2.40. The molecule has 0 radical (unpaired) electrons. The second kappa shape index (κ2) is 6.86. The lowest BCUT2D eigenvalue weighted by molar-refractivity contribution is -0.136. The maximum absolute atomic E-state index is 12.8. The van der Waals surface area contributed by atoms with Gasteiger partial charge in [0.2, 0.25) is 11.8 Å². The molecule has 5 rings (SSSR count). The number of carbonyl (C=O) groups is 3. The van der Waals surface area contributed by atoms with Gasteiger partial charge in [0.25, 0.3) is 5.91 Å². The number of hydrogen-bond acceptors (Lipinski definition) is 6. The molecule has 0 saturated carbocycles. The van der Waals surface area contributed by atoms with E-state index in [0.29, 0.717) is 24.6 Å². The van der Waals surface area contributed by atoms with Crippen molar-refractivity contribution in [1.82, 2.24) is 20.4 Å². The number of nitrogens with zero attached hydrogens (tertiary/aromatic N) is 3. The number of benzene rings is 1. The number of amides is 3. The molecule has 1 aromatic rings. The number of imide groups is 1. The van der Waals surface area contributed by atoms with Gasteiger partial charge >= 0.3 is 0 Å². The molecule has 3 fully saturated rings. The van der Waals surface area contributed by atoms with E-state index in [1.807, 2.05) is 12.1 Å². The minimum atomic E-state index is -0.554. The average Bonchev–Trinajstić information content (AvgIpc) is 2.97. The number of fused-ring (bicyclic) bond motifs is 1. The van der Waals surface area contributed by atoms with E-state index >= 15 is 0 Å². The molecule has 1 atom stereocenters. The Hall–Kier alpha value is -2.45. The molecule has 28 heavy (non-hydrogen) atoms. The van der Waals surface area contributed by atoms with E-state index in [1.54, 1.807) is 4.90 Å². The van der Waals surface area contributed by atoms with Crippen LogP contribution in [0.25, 0.3) is 0 Å². The van der Waals surface area contributed by atoms with Crippen molar-refractivity contribution in [2.75, 3.05) is 44.2 Å². The summed E-state index contributed by atoms with van der Waals surface area (Å²) in [6.07, 6.45) is 0.679. The quantitative estimate of drug-likeness (QED) is 0.688. The molecule has 3 amide bonds. The first-order chi connectivity index (χ1) is 13.6. The monoisotopic (exact) mass is 383 g/mol. The number of anilines is 1. The molecule has 3 saturated heterocycles. The van der Waals surface area contributed by atoms with Crippen molar-refractivity contribution >= 4 is 23.4 Å². The lowest BCUT2D eigenvalue weighted by atomic mass is 10.0. The number of carbonyl (C=O) groups excluding carboxylic acids is 3. The Balaban J connectivity index is 1.26. The predicted octanol–water partition coefficient (Wildman–Crippen LogP) is -0.459. The molecule has 4 heterocycles. The van der Waals surface area contributed by atoms with E-state index in [9.17, 15) is 14.4 Å². The van der Waals surface area contributed by atoms with Crippen molar-refractivity contribution < 1.29 is 14.4 Å². The maximum Gasteiger partial charge on any atom is 0.255 e. The Kier molecular flexibility index (Phi) is 4.32. The number of nitrogens with one attached hydrogen (secondary N) is 2. The molecular weight excluding hydrogens is 358 g/mol. The topological polar surface area (TPSA) is 85.0 Å². The van der Waals surface area contributed by atoms with E-state index in [2.05, 4.69) is 26.5 Å². The molecule has 0 spiro atoms. The summed E-state index contributed by atoms with van der Waals surface area (Å²) in [5, 5.41) is 5.74. The van der Waals surface area contributed by atoms with Gasteiger partial charge in [0.15, 0.2) is 0 Å². The molecule has 4 aliphatic heterocycles. The van der Waals surface area contributed by atoms with Crippen LogP contribution in [0.5, 0.6) is 0 Å². The largest absolute Gasteiger partial charge is 0.368 e. The van der Waals surface area contributed by atoms with E-state index in [4.69, 9.17) is 0 Å². The summed E-state index contributed by atoms with van der Waals surface area (Å²) in [5.74, 6) is -0.734. The molecule has 8 heteroatoms. The van der Waals surface area contributed by atoms with Gasteiger partial charge in [0.05, 0.1) is 0 Å². The number of piperidine rings is 1. The molecule has 2 N–H and O–H groups in total. The Morgan fingerprint density at radius 2 is 1.82 bits per heavy atom. The van der Waals surface area contributed by atoms with Gasteiger partial charge in [-0.2, -0.15) is 0 Å². The highest BCUT2D eigenvalue weighted by Crippen LogP contribution is 2.32. The van der Waals surface area contributed by atoms with Crippen LogP contribution in [0, 0.1) is 0 Å². The first-order valence-electron chi connectivity index (χ1n) is 10.1. The van der Waals surface area contributed by atoms with Crippen LogP contribution in [0.2, 0.25) is 0 Å². The normalized spacial score (nSPS) is 26.3. The van der Waals surface area contributed by atoms with Crippen LogP contribution in [0.3, 0.4) is 0 Å². The van der Waals surface area contributed by atoms with E-state index in [1.165, 1.54) is 0 Å². The van der Waals surface area contributed by atoms with Crippen molar-refractivity contribution in [3.05, 3.63) is 29.3 Å². The second-order valence-corrected chi connectivity index (χ2v) is 8.09. The van der Waals surface area contributed by atoms with Crippen molar-refractivity contribution in [3.63, 3.8) is 0 Å². The van der Waals surface area contributed by atoms with E-state index in [-0.39, 0.29) is 24.1 Å². The van der Waals surface area contributed by atoms with Crippen LogP contribution in [-0.2, 0) is 16.1 Å². The standard InChI is InChI=1S/C20H25N5O3/c26-18-4-3-17(19(27)22-18)25-10-13-9-14(1-2-16(13)20(25)28)24-11-15(12-24)23-7-5-21-6-8-23/h1-2,9,15,17,21H,3-8,10-12H2,(H,22,26,27). The molecule has 1 unspecified atom stereocenters. The second-order valence-electron chi connectivity index (χ2n) is 8.09. The summed E-state index contributed by atoms with van der Waals surface area (Å²) in [4.78, 5) is 42.8. The van der Waals surface area contributed by atoms with Gasteiger partial charge in [-0.05, 0) is 30.2 Å². The fourth-order valence-corrected chi connectivity index (χ4v) is 4.70. The maximum atomic E-state index is 12.8. The van der Waals surface area contributed by atoms with Crippen LogP contribution in [0.4, 0.5) is 5.69 Å². The van der Waals surface area contributed by atoms with Gasteiger partial charge in [0, 0.05) is 69.5 Å². The summed E-state index contributed by atoms with van der Waals surface area (Å²) in [5.41, 5.74) is 2.79. The van der Waals surface area contributed by atoms with Crippen LogP contribution >= 0.6 is 0 Å². The Morgan fingerprint density at radius 1 is 1.04 bits per heavy atom. The van der Waals surface area contributed by atoms with Gasteiger partial charge < -0.3 is 15.1 Å². The Morgan fingerprint density at radius 3 is 2.57 bits per heavy atom. The highest BCUT2D eigenvalue weighted by molar-refractivity contribution is 6.05. The van der Waals surface area contributed by atoms with E-state index in [0.717, 1.165) is 50.5 Å². The Labute approximate surface area is 163 Å². The zero-order chi connectivity index (χ0) is 19.3. The van der Waals surface area contributed by atoms with Crippen LogP contribution in [0.15, 0.2) is 18.2 Å². The summed E-state index contributed by atoms with van der Waals surface area (Å²) < 4.78 is 0. The molecule has 4 aliphatic rings. The highest BCUT2D eigenvalue weighted by atomic mass is 16.2. The summed E-state index contributed by atoms with van der Waals surface area (Å²) >= 11 is 0. The van der Waals surface area contributed by atoms with Crippen LogP contribution in [0.1, 0.15) is 28.8 Å². The van der Waals surface area contributed by atoms with Gasteiger partial charge in [-0.15, -0.1) is 0 Å². The van der Waals surface area contributed by atoms with E-state index < -0.39 is 6.04 Å². The zero-order valence-electron chi connectivity index (χ0n) is 15.8. The number of rotatable bonds is 3. The molecular formula is C20H25N5O3. The first kappa shape index (κ1) is 17.6. The number of hydrogen-bond donors (Lipinski definition) is 2. The predicted molar refractivity (Wildman–Crippen MR) is 103 cm³/mol. The minimum absolute atomic E-state index is 0.113. The molecule has 8 nitrogen and oxygen atoms in total. The summed E-state index contributed by atoms with van der Waals surface area (Å²) in [6.45, 7) is 6.81. The summed E-state index contributed by atoms with van der Waals surface area (Å²) in [6, 6.07) is 6.04. The third-order valence-electron chi connectivity index (χ3n) is 6.40. The first-order valence-corrected chi connectivity index (χ1v) is 10.1. The lowest BCUT2D eigenvalue weighted by Gasteiger charge is -2.48. The average molecular weight is 383 g/mol. The third-order valence-corrected chi connectivity index (χ3v) is 6.40. The lowest BCUT2D eigenvalue weighted by Crippen LogP contribution is -2.62. The summed E-state index contributed by atoms with van der Waals surface area (Å²) in [7, 11) is 0. The number of piperazine rings is 1. The molecule has 148 valence electrons.